The molecule has 4 aromatic rings. The number of likely N-dealkylation sites (N-methyl/N-ethyl adjacent to an activating group) is 1. The number of para-hydroxylation sites is 1. The number of ether oxygens (including phenoxy) is 1. The van der Waals surface area contributed by atoms with E-state index in [-0.39, 0.29) is 11.3 Å². The molecule has 1 aliphatic heterocycles. The van der Waals surface area contributed by atoms with Gasteiger partial charge in [-0.25, -0.2) is 5.43 Å². The highest BCUT2D eigenvalue weighted by atomic mass is 16.5. The lowest BCUT2D eigenvalue weighted by Gasteiger charge is -2.23. The number of rotatable bonds is 6. The fourth-order valence-electron chi connectivity index (χ4n) is 4.75. The van der Waals surface area contributed by atoms with Crippen LogP contribution >= 0.6 is 0 Å². The molecule has 4 aromatic carbocycles. The maximum atomic E-state index is 12.5. The van der Waals surface area contributed by atoms with Crippen molar-refractivity contribution in [1.29, 1.82) is 0 Å². The van der Waals surface area contributed by atoms with Gasteiger partial charge in [-0.1, -0.05) is 74.5 Å². The maximum Gasteiger partial charge on any atom is 0.271 e. The molecule has 0 fully saturated rings. The van der Waals surface area contributed by atoms with Crippen molar-refractivity contribution in [2.45, 2.75) is 25.9 Å². The Morgan fingerprint density at radius 2 is 1.67 bits per heavy atom. The number of benzene rings is 4. The Labute approximate surface area is 211 Å². The van der Waals surface area contributed by atoms with Crippen molar-refractivity contribution in [2.24, 2.45) is 5.10 Å². The molecule has 0 spiro atoms. The number of amides is 1. The number of carbonyl (C=O) groups excluding carboxylic acids is 1. The Morgan fingerprint density at radius 3 is 2.44 bits per heavy atom. The van der Waals surface area contributed by atoms with Gasteiger partial charge in [0.25, 0.3) is 5.91 Å². The molecule has 0 saturated carbocycles. The summed E-state index contributed by atoms with van der Waals surface area (Å²) in [6.07, 6.45) is 3.59. The average Bonchev–Trinajstić information content (AvgIpc) is 3.10. The van der Waals surface area contributed by atoms with Crippen molar-refractivity contribution in [2.75, 3.05) is 11.9 Å². The zero-order valence-corrected chi connectivity index (χ0v) is 20.7. The number of hydrogen-bond donors (Lipinski definition) is 1. The highest BCUT2D eigenvalue weighted by Crippen LogP contribution is 2.46. The van der Waals surface area contributed by atoms with Crippen LogP contribution in [0.3, 0.4) is 0 Å². The third-order valence-electron chi connectivity index (χ3n) is 6.76. The Bertz CT molecular complexity index is 1470. The molecule has 180 valence electrons. The van der Waals surface area contributed by atoms with Crippen LogP contribution in [-0.2, 0) is 12.0 Å². The average molecular weight is 476 g/mol. The van der Waals surface area contributed by atoms with Gasteiger partial charge in [0.1, 0.15) is 12.4 Å². The zero-order chi connectivity index (χ0) is 25.1. The standard InChI is InChI=1S/C31H29N3O2/c1-31(2)27-10-6-7-11-28(27)34(3)29(31)18-19-32-33-30(35)24-14-12-22(13-15-24)21-36-26-17-16-23-8-4-5-9-25(23)20-26/h4-20H,21H2,1-3H3,(H,33,35). The molecule has 36 heavy (non-hydrogen) atoms. The first-order valence-corrected chi connectivity index (χ1v) is 12.0. The summed E-state index contributed by atoms with van der Waals surface area (Å²) < 4.78 is 5.94. The Hall–Kier alpha value is -4.38. The van der Waals surface area contributed by atoms with Gasteiger partial charge in [-0.3, -0.25) is 4.79 Å². The van der Waals surface area contributed by atoms with Gasteiger partial charge in [-0.05, 0) is 58.3 Å². The molecular formula is C31H29N3O2. The highest BCUT2D eigenvalue weighted by molar-refractivity contribution is 5.94. The van der Waals surface area contributed by atoms with Crippen LogP contribution in [0.5, 0.6) is 5.75 Å². The van der Waals surface area contributed by atoms with Crippen molar-refractivity contribution >= 4 is 28.6 Å². The molecule has 5 heteroatoms. The van der Waals surface area contributed by atoms with E-state index in [4.69, 9.17) is 4.74 Å². The minimum Gasteiger partial charge on any atom is -0.489 e. The van der Waals surface area contributed by atoms with Gasteiger partial charge in [0.05, 0.1) is 0 Å². The highest BCUT2D eigenvalue weighted by Gasteiger charge is 2.37. The van der Waals surface area contributed by atoms with Crippen molar-refractivity contribution in [3.05, 3.63) is 119 Å². The van der Waals surface area contributed by atoms with E-state index in [0.717, 1.165) is 22.4 Å². The van der Waals surface area contributed by atoms with Crippen molar-refractivity contribution < 1.29 is 9.53 Å². The first-order valence-electron chi connectivity index (χ1n) is 12.0. The first-order chi connectivity index (χ1) is 17.4. The molecule has 1 heterocycles. The second-order valence-electron chi connectivity index (χ2n) is 9.47. The quantitative estimate of drug-likeness (QED) is 0.258. The molecule has 0 aromatic heterocycles. The van der Waals surface area contributed by atoms with Gasteiger partial charge in [0.15, 0.2) is 0 Å². The van der Waals surface area contributed by atoms with E-state index in [2.05, 4.69) is 72.7 Å². The topological polar surface area (TPSA) is 53.9 Å². The fraction of sp³-hybridized carbons (Fsp3) is 0.161. The van der Waals surface area contributed by atoms with E-state index in [1.54, 1.807) is 18.3 Å². The molecule has 5 rings (SSSR count). The largest absolute Gasteiger partial charge is 0.489 e. The molecule has 0 bridgehead atoms. The molecule has 1 amide bonds. The van der Waals surface area contributed by atoms with Crippen LogP contribution in [0.15, 0.2) is 108 Å². The molecule has 5 nitrogen and oxygen atoms in total. The van der Waals surface area contributed by atoms with Crippen molar-refractivity contribution in [1.82, 2.24) is 5.43 Å². The number of anilines is 1. The number of nitrogens with zero attached hydrogens (tertiary/aromatic N) is 2. The molecule has 0 radical (unpaired) electrons. The SMILES string of the molecule is CN1C(=CC=NNC(=O)c2ccc(COc3ccc4ccccc4c3)cc2)C(C)(C)c2ccccc21. The molecule has 0 aliphatic carbocycles. The van der Waals surface area contributed by atoms with Gasteiger partial charge < -0.3 is 9.64 Å². The Kier molecular flexibility index (Phi) is 6.30. The predicted octanol–water partition coefficient (Wildman–Crippen LogP) is 6.45. The lowest BCUT2D eigenvalue weighted by Crippen LogP contribution is -2.23. The van der Waals surface area contributed by atoms with Crippen LogP contribution in [0, 0.1) is 0 Å². The zero-order valence-electron chi connectivity index (χ0n) is 20.7. The van der Waals surface area contributed by atoms with Gasteiger partial charge >= 0.3 is 0 Å². The fourth-order valence-corrected chi connectivity index (χ4v) is 4.75. The summed E-state index contributed by atoms with van der Waals surface area (Å²) in [5.41, 5.74) is 7.60. The lowest BCUT2D eigenvalue weighted by molar-refractivity contribution is 0.0955. The number of carbonyl (C=O) groups is 1. The Morgan fingerprint density at radius 1 is 0.944 bits per heavy atom. The molecular weight excluding hydrogens is 446 g/mol. The second-order valence-corrected chi connectivity index (χ2v) is 9.47. The van der Waals surface area contributed by atoms with Gasteiger partial charge in [0, 0.05) is 35.6 Å². The van der Waals surface area contributed by atoms with Gasteiger partial charge in [-0.15, -0.1) is 0 Å². The minimum atomic E-state index is -0.256. The van der Waals surface area contributed by atoms with Gasteiger partial charge in [0.2, 0.25) is 0 Å². The van der Waals surface area contributed by atoms with Crippen LogP contribution in [0.2, 0.25) is 0 Å². The predicted molar refractivity (Wildman–Crippen MR) is 147 cm³/mol. The molecule has 0 atom stereocenters. The van der Waals surface area contributed by atoms with Crippen molar-refractivity contribution in [3.8, 4) is 5.75 Å². The summed E-state index contributed by atoms with van der Waals surface area (Å²) >= 11 is 0. The monoisotopic (exact) mass is 475 g/mol. The summed E-state index contributed by atoms with van der Waals surface area (Å²) in [4.78, 5) is 14.7. The molecule has 1 aliphatic rings. The van der Waals surface area contributed by atoms with Crippen LogP contribution < -0.4 is 15.1 Å². The number of fused-ring (bicyclic) bond motifs is 2. The first kappa shape index (κ1) is 23.4. The van der Waals surface area contributed by atoms with E-state index in [9.17, 15) is 4.79 Å². The maximum absolute atomic E-state index is 12.5. The third-order valence-corrected chi connectivity index (χ3v) is 6.76. The van der Waals surface area contributed by atoms with E-state index in [1.807, 2.05) is 48.5 Å². The van der Waals surface area contributed by atoms with Crippen molar-refractivity contribution in [3.63, 3.8) is 0 Å². The second kappa shape index (κ2) is 9.70. The number of hydrazone groups is 1. The van der Waals surface area contributed by atoms with Crippen LogP contribution in [-0.4, -0.2) is 19.2 Å². The summed E-state index contributed by atoms with van der Waals surface area (Å²) in [5.74, 6) is 0.562. The van der Waals surface area contributed by atoms with E-state index in [1.165, 1.54) is 16.6 Å². The molecule has 0 unspecified atom stereocenters. The molecule has 0 saturated heterocycles. The summed E-state index contributed by atoms with van der Waals surface area (Å²) in [7, 11) is 2.05. The minimum absolute atomic E-state index is 0.133. The number of nitrogens with one attached hydrogen (secondary N) is 1. The van der Waals surface area contributed by atoms with E-state index >= 15 is 0 Å². The van der Waals surface area contributed by atoms with Crippen LogP contribution in [0.25, 0.3) is 10.8 Å². The molecule has 1 N–H and O–H groups in total. The number of allylic oxidation sites excluding steroid dienone is 2. The smallest absolute Gasteiger partial charge is 0.271 e. The summed E-state index contributed by atoms with van der Waals surface area (Å²) in [6.45, 7) is 4.81. The Balaban J connectivity index is 1.17. The van der Waals surface area contributed by atoms with E-state index in [0.29, 0.717) is 12.2 Å². The summed E-state index contributed by atoms with van der Waals surface area (Å²) in [5, 5.41) is 6.47. The van der Waals surface area contributed by atoms with Crippen LogP contribution in [0.1, 0.15) is 35.3 Å². The number of hydrogen-bond acceptors (Lipinski definition) is 4. The lowest BCUT2D eigenvalue weighted by atomic mass is 9.84. The third kappa shape index (κ3) is 4.60. The summed E-state index contributed by atoms with van der Waals surface area (Å²) in [6, 6.07) is 30.0. The van der Waals surface area contributed by atoms with Crippen LogP contribution in [0.4, 0.5) is 5.69 Å². The normalized spacial score (nSPS) is 15.4. The van der Waals surface area contributed by atoms with Gasteiger partial charge in [-0.2, -0.15) is 5.10 Å². The van der Waals surface area contributed by atoms with E-state index < -0.39 is 0 Å².